The molecule has 0 aromatic carbocycles. The number of nitrogens with one attached hydrogen (secondary N) is 1. The Morgan fingerprint density at radius 1 is 1.60 bits per heavy atom. The predicted molar refractivity (Wildman–Crippen MR) is 57.9 cm³/mol. The first-order valence-electron chi connectivity index (χ1n) is 4.84. The minimum Gasteiger partial charge on any atom is -0.481 e. The number of hydrogen-bond acceptors (Lipinski definition) is 4. The standard InChI is InChI=1S/C9H15N3O2S/c1-6(2)5-7-10-9(12-11-7)15-4-3-8(13)14/h6H,3-5H2,1-2H3,(H,13,14)(H,10,11,12). The van der Waals surface area contributed by atoms with Crippen molar-refractivity contribution in [1.82, 2.24) is 15.2 Å². The summed E-state index contributed by atoms with van der Waals surface area (Å²) in [5.74, 6) is 1.12. The van der Waals surface area contributed by atoms with Crippen molar-refractivity contribution in [3.63, 3.8) is 0 Å². The van der Waals surface area contributed by atoms with E-state index in [9.17, 15) is 4.79 Å². The number of nitrogens with zero attached hydrogens (tertiary/aromatic N) is 2. The third-order valence-electron chi connectivity index (χ3n) is 1.66. The lowest BCUT2D eigenvalue weighted by atomic mass is 10.1. The van der Waals surface area contributed by atoms with Crippen LogP contribution in [-0.2, 0) is 11.2 Å². The molecule has 84 valence electrons. The van der Waals surface area contributed by atoms with E-state index in [0.717, 1.165) is 12.2 Å². The van der Waals surface area contributed by atoms with Crippen molar-refractivity contribution < 1.29 is 9.90 Å². The van der Waals surface area contributed by atoms with Gasteiger partial charge in [-0.1, -0.05) is 25.6 Å². The highest BCUT2D eigenvalue weighted by Crippen LogP contribution is 2.14. The molecule has 0 fully saturated rings. The normalized spacial score (nSPS) is 10.9. The Balaban J connectivity index is 2.36. The molecule has 2 N–H and O–H groups in total. The van der Waals surface area contributed by atoms with Gasteiger partial charge in [0.15, 0.2) is 0 Å². The highest BCUT2D eigenvalue weighted by Gasteiger charge is 2.06. The average molecular weight is 229 g/mol. The number of H-pyrrole nitrogens is 1. The smallest absolute Gasteiger partial charge is 0.304 e. The highest BCUT2D eigenvalue weighted by atomic mass is 32.2. The van der Waals surface area contributed by atoms with Crippen molar-refractivity contribution in [2.24, 2.45) is 5.92 Å². The van der Waals surface area contributed by atoms with Gasteiger partial charge in [-0.3, -0.25) is 9.89 Å². The zero-order valence-electron chi connectivity index (χ0n) is 8.86. The van der Waals surface area contributed by atoms with Gasteiger partial charge in [-0.2, -0.15) is 0 Å². The summed E-state index contributed by atoms with van der Waals surface area (Å²) in [7, 11) is 0. The second-order valence-electron chi connectivity index (χ2n) is 3.65. The number of carboxylic acid groups (broad SMARTS) is 1. The van der Waals surface area contributed by atoms with E-state index in [2.05, 4.69) is 29.0 Å². The lowest BCUT2D eigenvalue weighted by molar-refractivity contribution is -0.136. The molecule has 5 nitrogen and oxygen atoms in total. The molecular formula is C9H15N3O2S. The monoisotopic (exact) mass is 229 g/mol. The fourth-order valence-corrected chi connectivity index (χ4v) is 1.79. The van der Waals surface area contributed by atoms with Crippen LogP contribution in [0.1, 0.15) is 26.1 Å². The molecule has 1 aromatic heterocycles. The third kappa shape index (κ3) is 4.83. The molecule has 0 atom stereocenters. The second-order valence-corrected chi connectivity index (χ2v) is 4.72. The average Bonchev–Trinajstić information content (AvgIpc) is 2.50. The molecule has 0 aliphatic carbocycles. The second kappa shape index (κ2) is 5.75. The first-order chi connectivity index (χ1) is 7.08. The van der Waals surface area contributed by atoms with Gasteiger partial charge in [0.05, 0.1) is 6.42 Å². The van der Waals surface area contributed by atoms with Gasteiger partial charge in [-0.15, -0.1) is 5.10 Å². The van der Waals surface area contributed by atoms with Gasteiger partial charge in [0.2, 0.25) is 5.16 Å². The quantitative estimate of drug-likeness (QED) is 0.724. The van der Waals surface area contributed by atoms with Crippen LogP contribution in [0.3, 0.4) is 0 Å². The van der Waals surface area contributed by atoms with Gasteiger partial charge in [0, 0.05) is 12.2 Å². The van der Waals surface area contributed by atoms with Crippen LogP contribution in [0.5, 0.6) is 0 Å². The molecular weight excluding hydrogens is 214 g/mol. The van der Waals surface area contributed by atoms with E-state index in [4.69, 9.17) is 5.11 Å². The van der Waals surface area contributed by atoms with Crippen molar-refractivity contribution in [1.29, 1.82) is 0 Å². The number of aromatic amines is 1. The lowest BCUT2D eigenvalue weighted by Gasteiger charge is -1.97. The SMILES string of the molecule is CC(C)Cc1nc(SCCC(=O)O)n[nH]1. The Kier molecular flexibility index (Phi) is 4.61. The molecule has 0 aliphatic heterocycles. The van der Waals surface area contributed by atoms with Crippen LogP contribution in [0.15, 0.2) is 5.16 Å². The van der Waals surface area contributed by atoms with Gasteiger partial charge < -0.3 is 5.11 Å². The molecule has 1 rings (SSSR count). The van der Waals surface area contributed by atoms with Crippen LogP contribution in [0.2, 0.25) is 0 Å². The molecule has 0 saturated carbocycles. The molecule has 0 unspecified atom stereocenters. The van der Waals surface area contributed by atoms with Gasteiger partial charge in [-0.25, -0.2) is 4.98 Å². The van der Waals surface area contributed by atoms with Crippen LogP contribution in [0.25, 0.3) is 0 Å². The fraction of sp³-hybridized carbons (Fsp3) is 0.667. The third-order valence-corrected chi connectivity index (χ3v) is 2.51. The summed E-state index contributed by atoms with van der Waals surface area (Å²) < 4.78 is 0. The minimum atomic E-state index is -0.791. The largest absolute Gasteiger partial charge is 0.481 e. The first-order valence-corrected chi connectivity index (χ1v) is 5.82. The summed E-state index contributed by atoms with van der Waals surface area (Å²) in [5, 5.41) is 15.9. The minimum absolute atomic E-state index is 0.138. The van der Waals surface area contributed by atoms with Crippen molar-refractivity contribution in [3.05, 3.63) is 5.82 Å². The van der Waals surface area contributed by atoms with Crippen molar-refractivity contribution in [2.75, 3.05) is 5.75 Å². The zero-order chi connectivity index (χ0) is 11.3. The molecule has 6 heteroatoms. The van der Waals surface area contributed by atoms with E-state index in [1.165, 1.54) is 11.8 Å². The Hall–Kier alpha value is -1.04. The van der Waals surface area contributed by atoms with Crippen LogP contribution < -0.4 is 0 Å². The Morgan fingerprint density at radius 3 is 2.93 bits per heavy atom. The topological polar surface area (TPSA) is 78.9 Å². The van der Waals surface area contributed by atoms with Crippen molar-refractivity contribution in [3.8, 4) is 0 Å². The number of carboxylic acids is 1. The summed E-state index contributed by atoms with van der Waals surface area (Å²) in [5.41, 5.74) is 0. The van der Waals surface area contributed by atoms with Crippen LogP contribution in [0, 0.1) is 5.92 Å². The van der Waals surface area contributed by atoms with E-state index < -0.39 is 5.97 Å². The lowest BCUT2D eigenvalue weighted by Crippen LogP contribution is -1.96. The van der Waals surface area contributed by atoms with E-state index in [-0.39, 0.29) is 6.42 Å². The Labute approximate surface area is 92.7 Å². The van der Waals surface area contributed by atoms with Gasteiger partial charge in [0.25, 0.3) is 0 Å². The fourth-order valence-electron chi connectivity index (χ4n) is 1.05. The molecule has 0 bridgehead atoms. The maximum atomic E-state index is 10.3. The first kappa shape index (κ1) is 12.0. The van der Waals surface area contributed by atoms with Gasteiger partial charge >= 0.3 is 5.97 Å². The number of aliphatic carboxylic acids is 1. The maximum absolute atomic E-state index is 10.3. The summed E-state index contributed by atoms with van der Waals surface area (Å²) in [6.07, 6.45) is 1.01. The molecule has 0 aliphatic rings. The zero-order valence-corrected chi connectivity index (χ0v) is 9.67. The summed E-state index contributed by atoms with van der Waals surface area (Å²) in [4.78, 5) is 14.5. The van der Waals surface area contributed by atoms with Gasteiger partial charge in [-0.05, 0) is 5.92 Å². The summed E-state index contributed by atoms with van der Waals surface area (Å²) in [6.45, 7) is 4.22. The van der Waals surface area contributed by atoms with E-state index in [1.54, 1.807) is 0 Å². The van der Waals surface area contributed by atoms with Crippen LogP contribution in [-0.4, -0.2) is 32.0 Å². The maximum Gasteiger partial charge on any atom is 0.304 e. The number of rotatable bonds is 6. The molecule has 0 amide bonds. The Morgan fingerprint density at radius 2 is 2.33 bits per heavy atom. The van der Waals surface area contributed by atoms with Crippen molar-refractivity contribution >= 4 is 17.7 Å². The molecule has 1 heterocycles. The number of thioether (sulfide) groups is 1. The summed E-state index contributed by atoms with van der Waals surface area (Å²) in [6, 6.07) is 0. The molecule has 0 saturated heterocycles. The van der Waals surface area contributed by atoms with Crippen LogP contribution in [0.4, 0.5) is 0 Å². The summed E-state index contributed by atoms with van der Waals surface area (Å²) >= 11 is 1.36. The molecule has 15 heavy (non-hydrogen) atoms. The van der Waals surface area contributed by atoms with E-state index in [0.29, 0.717) is 16.8 Å². The Bertz CT molecular complexity index is 325. The van der Waals surface area contributed by atoms with E-state index >= 15 is 0 Å². The van der Waals surface area contributed by atoms with E-state index in [1.807, 2.05) is 0 Å². The van der Waals surface area contributed by atoms with Crippen LogP contribution >= 0.6 is 11.8 Å². The molecule has 0 radical (unpaired) electrons. The number of hydrogen-bond donors (Lipinski definition) is 2. The number of carbonyl (C=O) groups is 1. The van der Waals surface area contributed by atoms with Gasteiger partial charge in [0.1, 0.15) is 5.82 Å². The highest BCUT2D eigenvalue weighted by molar-refractivity contribution is 7.99. The van der Waals surface area contributed by atoms with Crippen molar-refractivity contribution in [2.45, 2.75) is 31.8 Å². The predicted octanol–water partition coefficient (Wildman–Crippen LogP) is 1.57. The molecule has 0 spiro atoms. The molecule has 1 aromatic rings. The number of aromatic nitrogens is 3.